The number of pyridine rings is 1. The third kappa shape index (κ3) is 2.92. The van der Waals surface area contributed by atoms with Crippen molar-refractivity contribution in [3.63, 3.8) is 0 Å². The Labute approximate surface area is 91.6 Å². The van der Waals surface area contributed by atoms with Gasteiger partial charge in [0, 0.05) is 11.8 Å². The van der Waals surface area contributed by atoms with Crippen LogP contribution < -0.4 is 5.32 Å². The summed E-state index contributed by atoms with van der Waals surface area (Å²) in [5.41, 5.74) is 1.32. The van der Waals surface area contributed by atoms with E-state index < -0.39 is 5.97 Å². The number of carbonyl (C=O) groups is 1. The van der Waals surface area contributed by atoms with Crippen LogP contribution in [0.3, 0.4) is 0 Å². The van der Waals surface area contributed by atoms with E-state index in [0.717, 1.165) is 11.8 Å². The molecule has 0 saturated carbocycles. The zero-order valence-corrected chi connectivity index (χ0v) is 8.80. The van der Waals surface area contributed by atoms with E-state index in [1.807, 2.05) is 0 Å². The van der Waals surface area contributed by atoms with E-state index in [1.165, 1.54) is 0 Å². The maximum atomic E-state index is 10.4. The van der Waals surface area contributed by atoms with Gasteiger partial charge in [0.05, 0.1) is 0 Å². The highest BCUT2D eigenvalue weighted by Gasteiger charge is 2.08. The molecule has 0 fully saturated rings. The molecule has 0 saturated heterocycles. The number of hydrogen-bond donors (Lipinski definition) is 3. The quantitative estimate of drug-likeness (QED) is 0.538. The van der Waals surface area contributed by atoms with Crippen molar-refractivity contribution >= 4 is 29.6 Å². The molecule has 0 spiro atoms. The monoisotopic (exact) mass is 227 g/mol. The summed E-state index contributed by atoms with van der Waals surface area (Å²) in [6.45, 7) is 1.52. The molecule has 0 amide bonds. The summed E-state index contributed by atoms with van der Waals surface area (Å²) >= 11 is 5.72. The molecular weight excluding hydrogens is 218 g/mol. The molecule has 0 unspecified atom stereocenters. The number of carboxylic acids is 1. The lowest BCUT2D eigenvalue weighted by atomic mass is 10.1. The van der Waals surface area contributed by atoms with E-state index in [0.29, 0.717) is 11.4 Å². The summed E-state index contributed by atoms with van der Waals surface area (Å²) in [6.07, 6.45) is 1.11. The van der Waals surface area contributed by atoms with E-state index in [-0.39, 0.29) is 11.7 Å². The van der Waals surface area contributed by atoms with Crippen LogP contribution in [0.2, 0.25) is 5.15 Å². The summed E-state index contributed by atoms with van der Waals surface area (Å²) < 4.78 is 0. The van der Waals surface area contributed by atoms with Gasteiger partial charge in [-0.1, -0.05) is 11.6 Å². The molecule has 0 atom stereocenters. The summed E-state index contributed by atoms with van der Waals surface area (Å²) in [6, 6.07) is 1.62. The van der Waals surface area contributed by atoms with E-state index in [1.54, 1.807) is 13.0 Å². The molecule has 1 rings (SSSR count). The molecule has 0 aromatic carbocycles. The highest BCUT2D eigenvalue weighted by atomic mass is 35.5. The molecule has 15 heavy (non-hydrogen) atoms. The van der Waals surface area contributed by atoms with E-state index in [4.69, 9.17) is 22.1 Å². The minimum Gasteiger partial charge on any atom is -0.480 e. The zero-order valence-electron chi connectivity index (χ0n) is 8.04. The first-order chi connectivity index (χ1) is 7.04. The maximum absolute atomic E-state index is 10.4. The Morgan fingerprint density at radius 1 is 1.80 bits per heavy atom. The molecule has 0 radical (unpaired) electrons. The summed E-state index contributed by atoms with van der Waals surface area (Å²) in [4.78, 5) is 14.3. The molecule has 3 N–H and O–H groups in total. The smallest absolute Gasteiger partial charge is 0.322 e. The number of rotatable bonds is 4. The average Bonchev–Trinajstić information content (AvgIpc) is 2.13. The molecule has 0 bridgehead atoms. The second kappa shape index (κ2) is 4.75. The average molecular weight is 228 g/mol. The van der Waals surface area contributed by atoms with Crippen molar-refractivity contribution in [3.8, 4) is 0 Å². The Kier molecular flexibility index (Phi) is 3.62. The van der Waals surface area contributed by atoms with E-state index in [9.17, 15) is 4.79 Å². The number of hydrogen-bond acceptors (Lipinski definition) is 4. The van der Waals surface area contributed by atoms with Crippen LogP contribution in [0.5, 0.6) is 0 Å². The van der Waals surface area contributed by atoms with Gasteiger partial charge in [0.1, 0.15) is 17.5 Å². The fraction of sp³-hybridized carbons (Fsp3) is 0.222. The predicted molar refractivity (Wildman–Crippen MR) is 58.0 cm³/mol. The second-order valence-corrected chi connectivity index (χ2v) is 3.30. The van der Waals surface area contributed by atoms with Crippen LogP contribution in [-0.2, 0) is 4.79 Å². The lowest BCUT2D eigenvalue weighted by Crippen LogP contribution is -2.15. The number of carboxylic acid groups (broad SMARTS) is 1. The van der Waals surface area contributed by atoms with Gasteiger partial charge in [-0.3, -0.25) is 4.79 Å². The van der Waals surface area contributed by atoms with Crippen molar-refractivity contribution in [2.24, 2.45) is 0 Å². The van der Waals surface area contributed by atoms with Gasteiger partial charge >= 0.3 is 5.97 Å². The van der Waals surface area contributed by atoms with Crippen molar-refractivity contribution < 1.29 is 9.90 Å². The van der Waals surface area contributed by atoms with Crippen LogP contribution in [0.25, 0.3) is 0 Å². The number of nitrogens with zero attached hydrogens (tertiary/aromatic N) is 1. The third-order valence-corrected chi connectivity index (χ3v) is 1.98. The van der Waals surface area contributed by atoms with Crippen LogP contribution in [0.15, 0.2) is 6.07 Å². The maximum Gasteiger partial charge on any atom is 0.322 e. The Balaban J connectivity index is 3.03. The highest BCUT2D eigenvalue weighted by molar-refractivity contribution is 6.29. The standard InChI is InChI=1S/C9H10ClN3O2/c1-5-2-7(10)13-9(6(5)3-11)12-4-8(14)15/h2-3,11H,4H2,1H3,(H,12,13)(H,14,15). The number of aryl methyl sites for hydroxylation is 1. The lowest BCUT2D eigenvalue weighted by Gasteiger charge is -2.09. The molecule has 0 aliphatic rings. The first-order valence-electron chi connectivity index (χ1n) is 4.18. The van der Waals surface area contributed by atoms with E-state index in [2.05, 4.69) is 10.3 Å². The van der Waals surface area contributed by atoms with Gasteiger partial charge in [-0.05, 0) is 18.6 Å². The summed E-state index contributed by atoms with van der Waals surface area (Å²) in [5.74, 6) is -0.678. The van der Waals surface area contributed by atoms with Gasteiger partial charge < -0.3 is 15.8 Å². The van der Waals surface area contributed by atoms with Gasteiger partial charge in [-0.15, -0.1) is 0 Å². The van der Waals surface area contributed by atoms with Gasteiger partial charge in [-0.2, -0.15) is 0 Å². The van der Waals surface area contributed by atoms with Gasteiger partial charge in [-0.25, -0.2) is 4.98 Å². The van der Waals surface area contributed by atoms with Gasteiger partial charge in [0.25, 0.3) is 0 Å². The van der Waals surface area contributed by atoms with E-state index >= 15 is 0 Å². The number of halogens is 1. The van der Waals surface area contributed by atoms with Crippen LogP contribution >= 0.6 is 11.6 Å². The topological polar surface area (TPSA) is 86.1 Å². The van der Waals surface area contributed by atoms with Crippen LogP contribution in [0.1, 0.15) is 11.1 Å². The molecular formula is C9H10ClN3O2. The molecule has 0 aliphatic heterocycles. The Morgan fingerprint density at radius 2 is 2.47 bits per heavy atom. The number of aromatic nitrogens is 1. The molecule has 1 heterocycles. The minimum absolute atomic E-state index is 0.256. The fourth-order valence-electron chi connectivity index (χ4n) is 1.12. The molecule has 5 nitrogen and oxygen atoms in total. The minimum atomic E-state index is -0.995. The summed E-state index contributed by atoms with van der Waals surface area (Å²) in [5, 5.41) is 18.6. The Bertz CT molecular complexity index is 407. The largest absolute Gasteiger partial charge is 0.480 e. The van der Waals surface area contributed by atoms with Crippen molar-refractivity contribution in [2.75, 3.05) is 11.9 Å². The van der Waals surface area contributed by atoms with Crippen molar-refractivity contribution in [3.05, 3.63) is 22.3 Å². The lowest BCUT2D eigenvalue weighted by molar-refractivity contribution is -0.134. The predicted octanol–water partition coefficient (Wildman–Crippen LogP) is 1.54. The van der Waals surface area contributed by atoms with Crippen LogP contribution in [0.4, 0.5) is 5.82 Å². The normalized spacial score (nSPS) is 9.73. The number of nitrogens with one attached hydrogen (secondary N) is 2. The van der Waals surface area contributed by atoms with Crippen molar-refractivity contribution in [2.45, 2.75) is 6.92 Å². The zero-order chi connectivity index (χ0) is 11.4. The van der Waals surface area contributed by atoms with Crippen LogP contribution in [-0.4, -0.2) is 28.8 Å². The summed E-state index contributed by atoms with van der Waals surface area (Å²) in [7, 11) is 0. The fourth-order valence-corrected chi connectivity index (χ4v) is 1.37. The van der Waals surface area contributed by atoms with Crippen molar-refractivity contribution in [1.82, 2.24) is 4.98 Å². The molecule has 80 valence electrons. The Hall–Kier alpha value is -1.62. The highest BCUT2D eigenvalue weighted by Crippen LogP contribution is 2.19. The second-order valence-electron chi connectivity index (χ2n) is 2.92. The Morgan fingerprint density at radius 3 is 3.00 bits per heavy atom. The van der Waals surface area contributed by atoms with Gasteiger partial charge in [0.2, 0.25) is 0 Å². The third-order valence-electron chi connectivity index (χ3n) is 1.79. The SMILES string of the molecule is Cc1cc(Cl)nc(NCC(=O)O)c1C=N. The van der Waals surface area contributed by atoms with Crippen LogP contribution in [0, 0.1) is 12.3 Å². The van der Waals surface area contributed by atoms with Crippen molar-refractivity contribution in [1.29, 1.82) is 5.41 Å². The molecule has 6 heteroatoms. The number of anilines is 1. The first kappa shape index (κ1) is 11.5. The molecule has 1 aromatic heterocycles. The number of aliphatic carboxylic acids is 1. The molecule has 1 aromatic rings. The van der Waals surface area contributed by atoms with Gasteiger partial charge in [0.15, 0.2) is 0 Å². The first-order valence-corrected chi connectivity index (χ1v) is 4.55. The molecule has 0 aliphatic carbocycles.